The summed E-state index contributed by atoms with van der Waals surface area (Å²) < 4.78 is 24.2. The Morgan fingerprint density at radius 1 is 1.50 bits per heavy atom. The van der Waals surface area contributed by atoms with Crippen LogP contribution in [0.4, 0.5) is 4.39 Å². The Kier molecular flexibility index (Phi) is 2.86. The van der Waals surface area contributed by atoms with Gasteiger partial charge < -0.3 is 14.6 Å². The van der Waals surface area contributed by atoms with Gasteiger partial charge in [0.05, 0.1) is 12.7 Å². The Bertz CT molecular complexity index is 374. The van der Waals surface area contributed by atoms with Gasteiger partial charge in [0.15, 0.2) is 0 Å². The predicted molar refractivity (Wildman–Crippen MR) is 56.8 cm³/mol. The molecule has 16 heavy (non-hydrogen) atoms. The van der Waals surface area contributed by atoms with E-state index in [-0.39, 0.29) is 11.9 Å². The van der Waals surface area contributed by atoms with Gasteiger partial charge in [-0.2, -0.15) is 0 Å². The number of phenols is 1. The van der Waals surface area contributed by atoms with Gasteiger partial charge in [0.2, 0.25) is 0 Å². The van der Waals surface area contributed by atoms with Crippen LogP contribution in [0.1, 0.15) is 18.9 Å². The first-order valence-electron chi connectivity index (χ1n) is 5.25. The lowest BCUT2D eigenvalue weighted by molar-refractivity contribution is -0.0649. The minimum Gasteiger partial charge on any atom is -0.508 e. The summed E-state index contributed by atoms with van der Waals surface area (Å²) in [5, 5.41) is 9.41. The van der Waals surface area contributed by atoms with Gasteiger partial charge in [0.25, 0.3) is 0 Å². The summed E-state index contributed by atoms with van der Waals surface area (Å²) in [5.41, 5.74) is -0.0305. The van der Waals surface area contributed by atoms with E-state index < -0.39 is 11.4 Å². The third-order valence-corrected chi connectivity index (χ3v) is 3.23. The first-order valence-corrected chi connectivity index (χ1v) is 5.25. The van der Waals surface area contributed by atoms with Gasteiger partial charge >= 0.3 is 0 Å². The lowest BCUT2D eigenvalue weighted by Gasteiger charge is -2.31. The average molecular weight is 226 g/mol. The Morgan fingerprint density at radius 3 is 2.75 bits per heavy atom. The number of methoxy groups -OCH3 is 1. The molecule has 4 heteroatoms. The molecule has 3 nitrogen and oxygen atoms in total. The largest absolute Gasteiger partial charge is 0.508 e. The minimum absolute atomic E-state index is 0.0921. The Balaban J connectivity index is 2.47. The van der Waals surface area contributed by atoms with Crippen molar-refractivity contribution in [1.82, 2.24) is 0 Å². The number of hydrogen-bond donors (Lipinski definition) is 1. The van der Waals surface area contributed by atoms with E-state index in [0.29, 0.717) is 18.6 Å². The zero-order valence-electron chi connectivity index (χ0n) is 9.37. The second kappa shape index (κ2) is 4.03. The topological polar surface area (TPSA) is 38.7 Å². The van der Waals surface area contributed by atoms with Crippen LogP contribution >= 0.6 is 0 Å². The first-order chi connectivity index (χ1) is 7.58. The third kappa shape index (κ3) is 1.68. The zero-order chi connectivity index (χ0) is 11.8. The number of benzene rings is 1. The molecule has 1 N–H and O–H groups in total. The van der Waals surface area contributed by atoms with Crippen LogP contribution in [0.5, 0.6) is 5.75 Å². The summed E-state index contributed by atoms with van der Waals surface area (Å²) in [5.74, 6) is -0.559. The minimum atomic E-state index is -0.653. The van der Waals surface area contributed by atoms with Crippen molar-refractivity contribution in [3.05, 3.63) is 29.6 Å². The van der Waals surface area contributed by atoms with Crippen molar-refractivity contribution in [3.63, 3.8) is 0 Å². The fourth-order valence-electron chi connectivity index (χ4n) is 2.31. The highest BCUT2D eigenvalue weighted by atomic mass is 19.1. The molecule has 2 unspecified atom stereocenters. The van der Waals surface area contributed by atoms with Crippen LogP contribution in [0, 0.1) is 5.82 Å². The molecule has 0 spiro atoms. The van der Waals surface area contributed by atoms with Gasteiger partial charge in [-0.05, 0) is 24.6 Å². The van der Waals surface area contributed by atoms with Gasteiger partial charge in [0, 0.05) is 19.6 Å². The fourth-order valence-corrected chi connectivity index (χ4v) is 2.31. The van der Waals surface area contributed by atoms with Gasteiger partial charge in [-0.3, -0.25) is 0 Å². The standard InChI is InChI=1S/C12H15FO3/c1-8-12(15-2,3-4-16-8)9-5-10(13)7-11(14)6-9/h5-8,14H,3-4H2,1-2H3. The highest BCUT2D eigenvalue weighted by Crippen LogP contribution is 2.40. The SMILES string of the molecule is COC1(c2cc(O)cc(F)c2)CCOC1C. The molecule has 1 aliphatic rings. The van der Waals surface area contributed by atoms with Crippen molar-refractivity contribution in [1.29, 1.82) is 0 Å². The quantitative estimate of drug-likeness (QED) is 0.840. The maximum atomic E-state index is 13.3. The molecule has 1 heterocycles. The maximum Gasteiger partial charge on any atom is 0.127 e. The molecule has 2 atom stereocenters. The summed E-state index contributed by atoms with van der Waals surface area (Å²) in [6, 6.07) is 3.99. The molecule has 88 valence electrons. The van der Waals surface area contributed by atoms with Crippen molar-refractivity contribution >= 4 is 0 Å². The lowest BCUT2D eigenvalue weighted by atomic mass is 9.87. The molecular formula is C12H15FO3. The molecule has 1 aromatic rings. The van der Waals surface area contributed by atoms with Gasteiger partial charge in [-0.25, -0.2) is 4.39 Å². The van der Waals surface area contributed by atoms with Gasteiger partial charge in [-0.15, -0.1) is 0 Å². The molecule has 0 saturated carbocycles. The van der Waals surface area contributed by atoms with E-state index in [1.54, 1.807) is 7.11 Å². The van der Waals surface area contributed by atoms with Gasteiger partial charge in [-0.1, -0.05) is 0 Å². The Labute approximate surface area is 93.8 Å². The van der Waals surface area contributed by atoms with Crippen LogP contribution in [0.15, 0.2) is 18.2 Å². The van der Waals surface area contributed by atoms with Crippen molar-refractivity contribution < 1.29 is 19.0 Å². The third-order valence-electron chi connectivity index (χ3n) is 3.23. The first kappa shape index (κ1) is 11.4. The maximum absolute atomic E-state index is 13.3. The molecule has 1 fully saturated rings. The fraction of sp³-hybridized carbons (Fsp3) is 0.500. The lowest BCUT2D eigenvalue weighted by Crippen LogP contribution is -2.35. The number of ether oxygens (including phenoxy) is 2. The van der Waals surface area contributed by atoms with Crippen LogP contribution in [0.2, 0.25) is 0 Å². The Morgan fingerprint density at radius 2 is 2.25 bits per heavy atom. The van der Waals surface area contributed by atoms with Crippen molar-refractivity contribution in [2.45, 2.75) is 25.0 Å². The van der Waals surface area contributed by atoms with Crippen LogP contribution in [0.3, 0.4) is 0 Å². The number of rotatable bonds is 2. The number of aromatic hydroxyl groups is 1. The van der Waals surface area contributed by atoms with E-state index >= 15 is 0 Å². The van der Waals surface area contributed by atoms with E-state index in [2.05, 4.69) is 0 Å². The highest BCUT2D eigenvalue weighted by molar-refractivity contribution is 5.34. The summed E-state index contributed by atoms with van der Waals surface area (Å²) in [6.07, 6.45) is 0.506. The van der Waals surface area contributed by atoms with E-state index in [0.717, 1.165) is 6.07 Å². The summed E-state index contributed by atoms with van der Waals surface area (Å²) >= 11 is 0. The van der Waals surface area contributed by atoms with Crippen molar-refractivity contribution in [3.8, 4) is 5.75 Å². The van der Waals surface area contributed by atoms with E-state index in [9.17, 15) is 9.50 Å². The summed E-state index contributed by atoms with van der Waals surface area (Å²) in [4.78, 5) is 0. The molecule has 0 aromatic heterocycles. The monoisotopic (exact) mass is 226 g/mol. The molecule has 1 aliphatic heterocycles. The van der Waals surface area contributed by atoms with Crippen LogP contribution in [-0.2, 0) is 15.1 Å². The Hall–Kier alpha value is -1.13. The van der Waals surface area contributed by atoms with Crippen LogP contribution in [0.25, 0.3) is 0 Å². The molecular weight excluding hydrogens is 211 g/mol. The summed E-state index contributed by atoms with van der Waals surface area (Å²) in [7, 11) is 1.58. The van der Waals surface area contributed by atoms with Crippen molar-refractivity contribution in [2.24, 2.45) is 0 Å². The molecule has 0 bridgehead atoms. The van der Waals surface area contributed by atoms with Gasteiger partial charge in [0.1, 0.15) is 17.2 Å². The average Bonchev–Trinajstić information content (AvgIpc) is 2.59. The van der Waals surface area contributed by atoms with E-state index in [1.165, 1.54) is 12.1 Å². The molecule has 0 aliphatic carbocycles. The van der Waals surface area contributed by atoms with Crippen LogP contribution in [-0.4, -0.2) is 24.9 Å². The molecule has 0 amide bonds. The zero-order valence-corrected chi connectivity index (χ0v) is 9.37. The van der Waals surface area contributed by atoms with E-state index in [1.807, 2.05) is 6.92 Å². The molecule has 2 rings (SSSR count). The molecule has 1 saturated heterocycles. The number of phenolic OH excluding ortho intramolecular Hbond substituents is 1. The molecule has 0 radical (unpaired) electrons. The number of hydrogen-bond acceptors (Lipinski definition) is 3. The normalized spacial score (nSPS) is 29.6. The number of halogens is 1. The van der Waals surface area contributed by atoms with Crippen molar-refractivity contribution in [2.75, 3.05) is 13.7 Å². The van der Waals surface area contributed by atoms with E-state index in [4.69, 9.17) is 9.47 Å². The smallest absolute Gasteiger partial charge is 0.127 e. The summed E-state index contributed by atoms with van der Waals surface area (Å²) in [6.45, 7) is 2.46. The second-order valence-electron chi connectivity index (χ2n) is 4.05. The molecule has 1 aromatic carbocycles. The predicted octanol–water partition coefficient (Wildman–Crippen LogP) is 2.18. The highest BCUT2D eigenvalue weighted by Gasteiger charge is 2.43. The second-order valence-corrected chi connectivity index (χ2v) is 4.05. The van der Waals surface area contributed by atoms with Crippen LogP contribution < -0.4 is 0 Å².